The van der Waals surface area contributed by atoms with Gasteiger partial charge in [-0.2, -0.15) is 0 Å². The number of H-pyrrole nitrogens is 1. The van der Waals surface area contributed by atoms with Gasteiger partial charge < -0.3 is 9.40 Å². The summed E-state index contributed by atoms with van der Waals surface area (Å²) in [5, 5.41) is 0.586. The highest BCUT2D eigenvalue weighted by Gasteiger charge is 2.38. The van der Waals surface area contributed by atoms with Crippen LogP contribution in [0.3, 0.4) is 0 Å². The Balaban J connectivity index is 1.71. The SMILES string of the molecule is CC(C)CCC1c2nc1c(-c1nc3ccccc3c(=O)[nH]1)o2. The Morgan fingerprint density at radius 1 is 1.27 bits per heavy atom. The summed E-state index contributed by atoms with van der Waals surface area (Å²) in [4.78, 5) is 23.9. The summed E-state index contributed by atoms with van der Waals surface area (Å²) in [5.41, 5.74) is 1.45. The predicted octanol–water partition coefficient (Wildman–Crippen LogP) is 3.46. The Hall–Kier alpha value is -2.43. The molecule has 0 saturated heterocycles. The van der Waals surface area contributed by atoms with Gasteiger partial charge >= 0.3 is 0 Å². The maximum Gasteiger partial charge on any atom is 0.259 e. The standard InChI is InChI=1S/C17H17N3O2/c1-9(2)7-8-11-13-14(22-17(11)19-13)15-18-12-6-4-3-5-10(12)16(21)20-15/h3-6,9,11H,7-8H2,1-2H3,(H,18,20,21). The molecule has 2 aliphatic rings. The Bertz CT molecular complexity index is 908. The zero-order valence-electron chi connectivity index (χ0n) is 12.6. The van der Waals surface area contributed by atoms with Crippen LogP contribution in [0.4, 0.5) is 0 Å². The molecule has 3 aromatic rings. The summed E-state index contributed by atoms with van der Waals surface area (Å²) in [6.07, 6.45) is 2.17. The second-order valence-corrected chi connectivity index (χ2v) is 6.22. The van der Waals surface area contributed by atoms with Crippen molar-refractivity contribution in [3.05, 3.63) is 46.2 Å². The summed E-state index contributed by atoms with van der Waals surface area (Å²) in [6, 6.07) is 7.30. The lowest BCUT2D eigenvalue weighted by Crippen LogP contribution is -2.13. The molecule has 1 aromatic carbocycles. The third kappa shape index (κ3) is 1.96. The number of aromatic nitrogens is 3. The van der Waals surface area contributed by atoms with Crippen molar-refractivity contribution in [2.45, 2.75) is 32.6 Å². The van der Waals surface area contributed by atoms with E-state index < -0.39 is 0 Å². The van der Waals surface area contributed by atoms with Gasteiger partial charge in [-0.05, 0) is 30.9 Å². The van der Waals surface area contributed by atoms with Crippen LogP contribution in [0.2, 0.25) is 0 Å². The van der Waals surface area contributed by atoms with E-state index >= 15 is 0 Å². The third-order valence-electron chi connectivity index (χ3n) is 4.16. The molecule has 4 heterocycles. The number of para-hydroxylation sites is 1. The maximum absolute atomic E-state index is 12.2. The fourth-order valence-corrected chi connectivity index (χ4v) is 2.91. The molecule has 22 heavy (non-hydrogen) atoms. The number of nitrogens with one attached hydrogen (secondary N) is 1. The van der Waals surface area contributed by atoms with E-state index in [9.17, 15) is 4.79 Å². The third-order valence-corrected chi connectivity index (χ3v) is 4.16. The maximum atomic E-state index is 12.2. The summed E-state index contributed by atoms with van der Waals surface area (Å²) in [7, 11) is 0. The number of aromatic amines is 1. The van der Waals surface area contributed by atoms with Crippen LogP contribution in [-0.2, 0) is 0 Å². The normalized spacial score (nSPS) is 16.2. The fourth-order valence-electron chi connectivity index (χ4n) is 2.91. The van der Waals surface area contributed by atoms with E-state index in [4.69, 9.17) is 4.42 Å². The van der Waals surface area contributed by atoms with Crippen LogP contribution in [0.25, 0.3) is 22.5 Å². The second-order valence-electron chi connectivity index (χ2n) is 6.22. The Kier molecular flexibility index (Phi) is 2.89. The minimum Gasteiger partial charge on any atom is -0.436 e. The van der Waals surface area contributed by atoms with E-state index in [-0.39, 0.29) is 11.5 Å². The number of rotatable bonds is 4. The molecule has 1 atom stereocenters. The molecule has 5 heteroatoms. The van der Waals surface area contributed by atoms with Crippen molar-refractivity contribution in [2.75, 3.05) is 0 Å². The first kappa shape index (κ1) is 13.2. The highest BCUT2D eigenvalue weighted by molar-refractivity contribution is 5.79. The van der Waals surface area contributed by atoms with E-state index in [1.807, 2.05) is 18.2 Å². The number of hydrogen-bond acceptors (Lipinski definition) is 4. The van der Waals surface area contributed by atoms with Gasteiger partial charge in [0.25, 0.3) is 5.56 Å². The molecule has 5 rings (SSSR count). The van der Waals surface area contributed by atoms with Crippen molar-refractivity contribution in [1.29, 1.82) is 0 Å². The van der Waals surface area contributed by atoms with Crippen molar-refractivity contribution < 1.29 is 4.42 Å². The van der Waals surface area contributed by atoms with Crippen molar-refractivity contribution >= 4 is 10.9 Å². The second kappa shape index (κ2) is 4.80. The first-order valence-corrected chi connectivity index (χ1v) is 7.63. The quantitative estimate of drug-likeness (QED) is 0.800. The molecule has 1 unspecified atom stereocenters. The molecule has 0 spiro atoms. The monoisotopic (exact) mass is 295 g/mol. The summed E-state index contributed by atoms with van der Waals surface area (Å²) in [5.74, 6) is 2.79. The lowest BCUT2D eigenvalue weighted by atomic mass is 9.91. The molecule has 1 N–H and O–H groups in total. The van der Waals surface area contributed by atoms with Crippen LogP contribution in [-0.4, -0.2) is 15.0 Å². The van der Waals surface area contributed by atoms with Crippen molar-refractivity contribution in [3.8, 4) is 11.6 Å². The van der Waals surface area contributed by atoms with Gasteiger partial charge in [0.1, 0.15) is 5.69 Å². The zero-order valence-corrected chi connectivity index (χ0v) is 12.6. The minimum atomic E-state index is -0.148. The predicted molar refractivity (Wildman–Crippen MR) is 83.8 cm³/mol. The molecular formula is C17H17N3O2. The summed E-state index contributed by atoms with van der Waals surface area (Å²) >= 11 is 0. The Labute approximate surface area is 127 Å². The van der Waals surface area contributed by atoms with E-state index in [1.165, 1.54) is 0 Å². The Morgan fingerprint density at radius 3 is 2.91 bits per heavy atom. The highest BCUT2D eigenvalue weighted by Crippen LogP contribution is 2.44. The molecule has 0 aliphatic carbocycles. The van der Waals surface area contributed by atoms with Gasteiger partial charge in [0, 0.05) is 0 Å². The van der Waals surface area contributed by atoms with Crippen molar-refractivity contribution in [1.82, 2.24) is 15.0 Å². The molecule has 5 nitrogen and oxygen atoms in total. The van der Waals surface area contributed by atoms with Gasteiger partial charge in [-0.1, -0.05) is 26.0 Å². The van der Waals surface area contributed by atoms with Crippen LogP contribution < -0.4 is 5.56 Å². The smallest absolute Gasteiger partial charge is 0.259 e. The molecule has 0 radical (unpaired) electrons. The zero-order chi connectivity index (χ0) is 15.3. The number of oxazole rings is 1. The van der Waals surface area contributed by atoms with Crippen LogP contribution in [0.15, 0.2) is 33.5 Å². The first-order chi connectivity index (χ1) is 10.6. The largest absolute Gasteiger partial charge is 0.436 e. The van der Waals surface area contributed by atoms with Gasteiger partial charge in [-0.25, -0.2) is 9.97 Å². The van der Waals surface area contributed by atoms with Gasteiger partial charge in [0.2, 0.25) is 5.89 Å². The van der Waals surface area contributed by atoms with Gasteiger partial charge in [0.05, 0.1) is 16.8 Å². The van der Waals surface area contributed by atoms with Gasteiger partial charge in [-0.3, -0.25) is 4.79 Å². The molecule has 0 amide bonds. The average molecular weight is 295 g/mol. The first-order valence-electron chi connectivity index (χ1n) is 7.63. The van der Waals surface area contributed by atoms with Gasteiger partial charge in [-0.15, -0.1) is 0 Å². The lowest BCUT2D eigenvalue weighted by Gasteiger charge is -2.16. The fraction of sp³-hybridized carbons (Fsp3) is 0.353. The lowest BCUT2D eigenvalue weighted by molar-refractivity contribution is 0.438. The van der Waals surface area contributed by atoms with E-state index in [0.29, 0.717) is 28.4 Å². The molecule has 2 aliphatic heterocycles. The molecule has 2 bridgehead atoms. The van der Waals surface area contributed by atoms with E-state index in [2.05, 4.69) is 28.8 Å². The van der Waals surface area contributed by atoms with Crippen LogP contribution >= 0.6 is 0 Å². The topological polar surface area (TPSA) is 71.8 Å². The van der Waals surface area contributed by atoms with Gasteiger partial charge in [0.15, 0.2) is 11.6 Å². The summed E-state index contributed by atoms with van der Waals surface area (Å²) < 4.78 is 5.77. The molecular weight excluding hydrogens is 278 g/mol. The van der Waals surface area contributed by atoms with E-state index in [1.54, 1.807) is 6.07 Å². The number of nitrogens with zero attached hydrogens (tertiary/aromatic N) is 2. The average Bonchev–Trinajstić information content (AvgIpc) is 3.06. The number of benzene rings is 1. The summed E-state index contributed by atoms with van der Waals surface area (Å²) in [6.45, 7) is 4.42. The van der Waals surface area contributed by atoms with Crippen LogP contribution in [0.1, 0.15) is 44.2 Å². The molecule has 0 saturated carbocycles. The number of hydrogen-bond donors (Lipinski definition) is 1. The van der Waals surface area contributed by atoms with Crippen LogP contribution in [0, 0.1) is 5.92 Å². The molecule has 0 fully saturated rings. The highest BCUT2D eigenvalue weighted by atomic mass is 16.4. The van der Waals surface area contributed by atoms with Crippen molar-refractivity contribution in [2.24, 2.45) is 5.92 Å². The number of fused-ring (bicyclic) bond motifs is 2. The Morgan fingerprint density at radius 2 is 2.09 bits per heavy atom. The molecule has 2 aromatic heterocycles. The van der Waals surface area contributed by atoms with Crippen molar-refractivity contribution in [3.63, 3.8) is 0 Å². The van der Waals surface area contributed by atoms with E-state index in [0.717, 1.165) is 24.4 Å². The minimum absolute atomic E-state index is 0.148. The molecule has 112 valence electrons. The van der Waals surface area contributed by atoms with Crippen LogP contribution in [0.5, 0.6) is 0 Å².